The molecule has 0 bridgehead atoms. The molecular weight excluding hydrogens is 787 g/mol. The Balaban J connectivity index is 0.000000177. The Labute approximate surface area is 334 Å². The van der Waals surface area contributed by atoms with Gasteiger partial charge in [0.2, 0.25) is 11.9 Å². The van der Waals surface area contributed by atoms with Crippen LogP contribution in [-0.4, -0.2) is 89.1 Å². The van der Waals surface area contributed by atoms with Gasteiger partial charge >= 0.3 is 12.4 Å². The van der Waals surface area contributed by atoms with Crippen molar-refractivity contribution in [3.05, 3.63) is 93.7 Å². The molecule has 2 fully saturated rings. The largest absolute Gasteiger partial charge is 0.416 e. The minimum Gasteiger partial charge on any atom is -0.365 e. The number of benzene rings is 2. The quantitative estimate of drug-likeness (QED) is 0.110. The van der Waals surface area contributed by atoms with Gasteiger partial charge < -0.3 is 25.8 Å². The first-order valence-electron chi connectivity index (χ1n) is 18.6. The molecule has 0 spiro atoms. The Morgan fingerprint density at radius 2 is 1.14 bits per heavy atom. The molecule has 57 heavy (non-hydrogen) atoms. The predicted molar refractivity (Wildman–Crippen MR) is 216 cm³/mol. The second kappa shape index (κ2) is 17.8. The number of aromatic nitrogens is 4. The number of rotatable bonds is 11. The molecule has 3 N–H and O–H groups in total. The van der Waals surface area contributed by atoms with Crippen LogP contribution in [0, 0.1) is 0 Å². The lowest BCUT2D eigenvalue weighted by atomic mass is 10.1. The molecule has 10 nitrogen and oxygen atoms in total. The van der Waals surface area contributed by atoms with Gasteiger partial charge in [-0.1, -0.05) is 36.4 Å². The zero-order chi connectivity index (χ0) is 40.0. The fraction of sp³-hybridized carbons (Fsp3) is 0.385. The minimum atomic E-state index is -4.39. The molecule has 2 aliphatic rings. The number of likely N-dealkylation sites (N-methyl/N-ethyl adjacent to an activating group) is 1. The number of piperazine rings is 1. The van der Waals surface area contributed by atoms with Crippen molar-refractivity contribution in [2.45, 2.75) is 38.3 Å². The number of thiophene rings is 2. The lowest BCUT2D eigenvalue weighted by Crippen LogP contribution is -2.45. The fourth-order valence-corrected chi connectivity index (χ4v) is 8.34. The molecule has 18 heteroatoms. The van der Waals surface area contributed by atoms with Crippen LogP contribution in [0.2, 0.25) is 0 Å². The summed E-state index contributed by atoms with van der Waals surface area (Å²) in [5.74, 6) is 2.24. The van der Waals surface area contributed by atoms with E-state index in [9.17, 15) is 26.3 Å². The molecule has 2 aromatic carbocycles. The molecule has 4 aromatic heterocycles. The molecule has 0 saturated carbocycles. The Morgan fingerprint density at radius 3 is 1.70 bits per heavy atom. The average molecular weight is 829 g/mol. The summed E-state index contributed by atoms with van der Waals surface area (Å²) in [5, 5.41) is 13.3. The van der Waals surface area contributed by atoms with Crippen molar-refractivity contribution in [3.63, 3.8) is 0 Å². The Hall–Kier alpha value is -4.78. The van der Waals surface area contributed by atoms with Crippen LogP contribution in [0.3, 0.4) is 0 Å². The number of fused-ring (bicyclic) bond motifs is 2. The Kier molecular flexibility index (Phi) is 12.6. The lowest BCUT2D eigenvalue weighted by molar-refractivity contribution is -0.139. The van der Waals surface area contributed by atoms with Crippen LogP contribution in [-0.2, 0) is 25.4 Å². The average Bonchev–Trinajstić information content (AvgIpc) is 4.00. The van der Waals surface area contributed by atoms with Crippen LogP contribution >= 0.6 is 22.7 Å². The van der Waals surface area contributed by atoms with E-state index in [1.54, 1.807) is 12.1 Å². The third kappa shape index (κ3) is 10.2. The molecule has 6 aromatic rings. The number of hydrogen-bond donors (Lipinski definition) is 3. The van der Waals surface area contributed by atoms with Gasteiger partial charge in [-0.2, -0.15) is 36.3 Å². The van der Waals surface area contributed by atoms with E-state index in [2.05, 4.69) is 57.6 Å². The zero-order valence-electron chi connectivity index (χ0n) is 31.1. The van der Waals surface area contributed by atoms with Gasteiger partial charge in [0, 0.05) is 65.4 Å². The maximum atomic E-state index is 13.3. The third-order valence-corrected chi connectivity index (χ3v) is 11.7. The van der Waals surface area contributed by atoms with Gasteiger partial charge in [0.05, 0.1) is 31.6 Å². The molecule has 2 saturated heterocycles. The van der Waals surface area contributed by atoms with Crippen LogP contribution in [0.25, 0.3) is 20.4 Å². The molecule has 302 valence electrons. The van der Waals surface area contributed by atoms with Gasteiger partial charge in [-0.15, -0.1) is 22.7 Å². The molecule has 0 aliphatic carbocycles. The van der Waals surface area contributed by atoms with Gasteiger partial charge in [-0.05, 0) is 66.0 Å². The molecule has 0 amide bonds. The van der Waals surface area contributed by atoms with Crippen LogP contribution in [0.5, 0.6) is 0 Å². The van der Waals surface area contributed by atoms with Gasteiger partial charge in [0.25, 0.3) is 0 Å². The highest BCUT2D eigenvalue weighted by Gasteiger charge is 2.34. The molecule has 8 rings (SSSR count). The number of halogens is 6. The second-order valence-electron chi connectivity index (χ2n) is 13.8. The normalized spacial score (nSPS) is 15.5. The third-order valence-electron chi connectivity index (χ3n) is 9.83. The van der Waals surface area contributed by atoms with Gasteiger partial charge in [0.15, 0.2) is 0 Å². The summed E-state index contributed by atoms with van der Waals surface area (Å²) in [6.07, 6.45) is -6.55. The first-order chi connectivity index (χ1) is 27.4. The molecule has 0 radical (unpaired) electrons. The van der Waals surface area contributed by atoms with Gasteiger partial charge in [-0.3, -0.25) is 4.90 Å². The summed E-state index contributed by atoms with van der Waals surface area (Å²) < 4.78 is 81.1. The summed E-state index contributed by atoms with van der Waals surface area (Å²) in [6, 6.07) is 15.0. The number of nitrogens with zero attached hydrogens (tertiary/aromatic N) is 7. The first kappa shape index (κ1) is 40.4. The van der Waals surface area contributed by atoms with Crippen LogP contribution < -0.4 is 20.9 Å². The monoisotopic (exact) mass is 828 g/mol. The lowest BCUT2D eigenvalue weighted by Gasteiger charge is -2.32. The van der Waals surface area contributed by atoms with Crippen molar-refractivity contribution in [2.24, 2.45) is 0 Å². The molecule has 6 heterocycles. The van der Waals surface area contributed by atoms with E-state index in [-0.39, 0.29) is 24.2 Å². The van der Waals surface area contributed by atoms with Crippen molar-refractivity contribution in [3.8, 4) is 0 Å². The summed E-state index contributed by atoms with van der Waals surface area (Å²) in [6.45, 7) is 7.69. The highest BCUT2D eigenvalue weighted by Crippen LogP contribution is 2.35. The summed E-state index contributed by atoms with van der Waals surface area (Å²) in [4.78, 5) is 25.1. The van der Waals surface area contributed by atoms with E-state index >= 15 is 0 Å². The molecular formula is C39H42F6N10S2. The van der Waals surface area contributed by atoms with Crippen molar-refractivity contribution in [1.82, 2.24) is 29.7 Å². The summed E-state index contributed by atoms with van der Waals surface area (Å²) in [7, 11) is 2.13. The van der Waals surface area contributed by atoms with Crippen molar-refractivity contribution in [2.75, 3.05) is 80.3 Å². The van der Waals surface area contributed by atoms with Crippen LogP contribution in [0.15, 0.2) is 71.4 Å². The van der Waals surface area contributed by atoms with Gasteiger partial charge in [-0.25, -0.2) is 9.97 Å². The topological polar surface area (TPSA) is 97.4 Å². The number of anilines is 4. The summed E-state index contributed by atoms with van der Waals surface area (Å²) >= 11 is 2.95. The number of alkyl halides is 6. The van der Waals surface area contributed by atoms with E-state index in [1.165, 1.54) is 46.9 Å². The molecule has 2 aliphatic heterocycles. The van der Waals surface area contributed by atoms with E-state index < -0.39 is 23.5 Å². The number of nitrogens with one attached hydrogen (secondary N) is 3. The van der Waals surface area contributed by atoms with E-state index in [0.717, 1.165) is 91.2 Å². The van der Waals surface area contributed by atoms with E-state index in [1.807, 2.05) is 22.9 Å². The van der Waals surface area contributed by atoms with E-state index in [4.69, 9.17) is 0 Å². The fourth-order valence-electron chi connectivity index (χ4n) is 6.75. The van der Waals surface area contributed by atoms with Crippen LogP contribution in [0.1, 0.15) is 35.1 Å². The second-order valence-corrected chi connectivity index (χ2v) is 15.7. The highest BCUT2D eigenvalue weighted by molar-refractivity contribution is 7.18. The zero-order valence-corrected chi connectivity index (χ0v) is 32.8. The minimum absolute atomic E-state index is 0.0282. The Bertz CT molecular complexity index is 2240. The maximum Gasteiger partial charge on any atom is 0.416 e. The van der Waals surface area contributed by atoms with Crippen LogP contribution in [0.4, 0.5) is 49.9 Å². The van der Waals surface area contributed by atoms with E-state index in [0.29, 0.717) is 30.1 Å². The van der Waals surface area contributed by atoms with Gasteiger partial charge in [0.1, 0.15) is 11.6 Å². The molecule has 0 atom stereocenters. The highest BCUT2D eigenvalue weighted by atomic mass is 32.1. The smallest absolute Gasteiger partial charge is 0.365 e. The first-order valence-corrected chi connectivity index (χ1v) is 20.4. The Morgan fingerprint density at radius 1 is 0.614 bits per heavy atom. The molecule has 0 unspecified atom stereocenters. The van der Waals surface area contributed by atoms with Crippen molar-refractivity contribution >= 4 is 66.6 Å². The van der Waals surface area contributed by atoms with Crippen molar-refractivity contribution in [1.29, 1.82) is 0 Å². The maximum absolute atomic E-state index is 13.3. The predicted octanol–water partition coefficient (Wildman–Crippen LogP) is 8.90. The SMILES string of the molecule is CN1CCN(CCNc2nc(NCc3ccccc3C(F)(F)F)c3sccc3n2)CC1.FC(F)(F)c1ccccc1CNc1nc(N2CCCC2)nc2ccsc12. The standard InChI is InChI=1S/C21H25F3N6S.C18H17F3N4S/c1-29-9-11-30(12-10-29)8-7-25-20-27-17-6-13-31-18(17)19(28-20)26-14-15-4-2-3-5-16(15)21(22,23)24;19-18(20,21)13-6-2-1-5-12(13)11-22-16-15-14(7-10-26-15)23-17(24-16)25-8-3-4-9-25/h2-6,13H,7-12,14H2,1H3,(H2,25,26,27,28);1-2,5-7,10H,3-4,8-9,11H2,(H,22,23,24). The summed E-state index contributed by atoms with van der Waals surface area (Å²) in [5.41, 5.74) is 0.717. The number of hydrogen-bond acceptors (Lipinski definition) is 12. The van der Waals surface area contributed by atoms with Crippen molar-refractivity contribution < 1.29 is 26.3 Å².